The third kappa shape index (κ3) is 2.71. The van der Waals surface area contributed by atoms with Crippen LogP contribution in [-0.4, -0.2) is 38.4 Å². The van der Waals surface area contributed by atoms with Gasteiger partial charge in [-0.25, -0.2) is 0 Å². The van der Waals surface area contributed by atoms with Gasteiger partial charge in [0, 0.05) is 12.2 Å². The number of ether oxygens (including phenoxy) is 2. The number of hydrogen-bond acceptors (Lipinski definition) is 3. The summed E-state index contributed by atoms with van der Waals surface area (Å²) in [6.07, 6.45) is 2.61. The number of morpholine rings is 1. The van der Waals surface area contributed by atoms with E-state index in [1.165, 1.54) is 5.56 Å². The molecule has 1 amide bonds. The van der Waals surface area contributed by atoms with Gasteiger partial charge in [0.05, 0.1) is 19.3 Å². The van der Waals surface area contributed by atoms with Crippen molar-refractivity contribution in [3.8, 4) is 0 Å². The van der Waals surface area contributed by atoms with Gasteiger partial charge in [0.2, 0.25) is 0 Å². The summed E-state index contributed by atoms with van der Waals surface area (Å²) in [5, 5.41) is 0. The highest BCUT2D eigenvalue weighted by atomic mass is 16.6. The second-order valence-corrected chi connectivity index (χ2v) is 4.76. The van der Waals surface area contributed by atoms with Crippen molar-refractivity contribution in [3.63, 3.8) is 0 Å². The summed E-state index contributed by atoms with van der Waals surface area (Å²) in [4.78, 5) is 13.5. The Morgan fingerprint density at radius 3 is 2.72 bits per heavy atom. The molecule has 0 spiro atoms. The summed E-state index contributed by atoms with van der Waals surface area (Å²) in [5.41, 5.74) is 2.27. The molecule has 2 saturated heterocycles. The van der Waals surface area contributed by atoms with Crippen LogP contribution in [0.4, 0.5) is 5.69 Å². The molecule has 0 unspecified atom stereocenters. The molecule has 2 fully saturated rings. The number of nitrogens with zero attached hydrogens (tertiary/aromatic N) is 1. The van der Waals surface area contributed by atoms with Crippen LogP contribution in [0.3, 0.4) is 0 Å². The first-order valence-corrected chi connectivity index (χ1v) is 6.41. The molecule has 3 rings (SSSR count). The van der Waals surface area contributed by atoms with Crippen LogP contribution in [0.1, 0.15) is 12.0 Å². The zero-order chi connectivity index (χ0) is 12.4. The van der Waals surface area contributed by atoms with Crippen molar-refractivity contribution in [1.82, 2.24) is 0 Å². The van der Waals surface area contributed by atoms with Crippen molar-refractivity contribution < 1.29 is 14.3 Å². The lowest BCUT2D eigenvalue weighted by Crippen LogP contribution is -2.41. The first-order valence-electron chi connectivity index (χ1n) is 6.41. The number of epoxide rings is 1. The van der Waals surface area contributed by atoms with Crippen LogP contribution in [0.15, 0.2) is 24.3 Å². The normalized spacial score (nSPS) is 23.2. The molecule has 2 aliphatic rings. The molecule has 2 aliphatic heterocycles. The minimum atomic E-state index is 0.0420. The average molecular weight is 247 g/mol. The van der Waals surface area contributed by atoms with Crippen LogP contribution < -0.4 is 4.90 Å². The van der Waals surface area contributed by atoms with Crippen molar-refractivity contribution in [2.45, 2.75) is 18.9 Å². The fraction of sp³-hybridized carbons (Fsp3) is 0.500. The van der Waals surface area contributed by atoms with Gasteiger partial charge in [0.1, 0.15) is 6.61 Å². The van der Waals surface area contributed by atoms with E-state index in [1.54, 1.807) is 4.90 Å². The fourth-order valence-corrected chi connectivity index (χ4v) is 2.20. The molecule has 4 heteroatoms. The van der Waals surface area contributed by atoms with E-state index in [2.05, 4.69) is 12.1 Å². The lowest BCUT2D eigenvalue weighted by Gasteiger charge is -2.26. The minimum Gasteiger partial charge on any atom is -0.373 e. The largest absolute Gasteiger partial charge is 0.373 e. The maximum Gasteiger partial charge on any atom is 0.253 e. The molecule has 0 radical (unpaired) electrons. The molecule has 1 aromatic rings. The van der Waals surface area contributed by atoms with Gasteiger partial charge >= 0.3 is 0 Å². The highest BCUT2D eigenvalue weighted by Gasteiger charge is 2.22. The molecule has 2 heterocycles. The van der Waals surface area contributed by atoms with Crippen LogP contribution in [0, 0.1) is 0 Å². The molecule has 0 aromatic heterocycles. The van der Waals surface area contributed by atoms with Crippen LogP contribution in [-0.2, 0) is 20.7 Å². The lowest BCUT2D eigenvalue weighted by molar-refractivity contribution is -0.125. The molecule has 18 heavy (non-hydrogen) atoms. The number of benzene rings is 1. The second kappa shape index (κ2) is 5.08. The van der Waals surface area contributed by atoms with Crippen molar-refractivity contribution in [1.29, 1.82) is 0 Å². The number of amides is 1. The van der Waals surface area contributed by atoms with Gasteiger partial charge in [-0.2, -0.15) is 0 Å². The van der Waals surface area contributed by atoms with Crippen molar-refractivity contribution in [2.24, 2.45) is 0 Å². The minimum absolute atomic E-state index is 0.0420. The number of rotatable bonds is 4. The van der Waals surface area contributed by atoms with Crippen molar-refractivity contribution >= 4 is 11.6 Å². The Kier molecular flexibility index (Phi) is 3.30. The van der Waals surface area contributed by atoms with E-state index < -0.39 is 0 Å². The maximum atomic E-state index is 11.7. The van der Waals surface area contributed by atoms with Crippen molar-refractivity contribution in [3.05, 3.63) is 29.8 Å². The first-order chi connectivity index (χ1) is 8.83. The van der Waals surface area contributed by atoms with Crippen molar-refractivity contribution in [2.75, 3.05) is 31.3 Å². The zero-order valence-corrected chi connectivity index (χ0v) is 10.3. The molecule has 0 saturated carbocycles. The predicted molar refractivity (Wildman–Crippen MR) is 67.7 cm³/mol. The summed E-state index contributed by atoms with van der Waals surface area (Å²) >= 11 is 0. The second-order valence-electron chi connectivity index (χ2n) is 4.76. The van der Waals surface area contributed by atoms with Crippen LogP contribution in [0.5, 0.6) is 0 Å². The molecule has 4 nitrogen and oxygen atoms in total. The molecule has 0 aliphatic carbocycles. The third-order valence-corrected chi connectivity index (χ3v) is 3.39. The quantitative estimate of drug-likeness (QED) is 0.755. The molecular formula is C14H17NO3. The van der Waals surface area contributed by atoms with E-state index in [-0.39, 0.29) is 12.5 Å². The Morgan fingerprint density at radius 2 is 2.06 bits per heavy atom. The number of hydrogen-bond donors (Lipinski definition) is 0. The number of carbonyl (C=O) groups is 1. The van der Waals surface area contributed by atoms with Gasteiger partial charge in [-0.05, 0) is 30.5 Å². The van der Waals surface area contributed by atoms with Gasteiger partial charge in [0.15, 0.2) is 0 Å². The Balaban J connectivity index is 1.63. The molecule has 0 bridgehead atoms. The van der Waals surface area contributed by atoms with Gasteiger partial charge in [0.25, 0.3) is 5.91 Å². The number of carbonyl (C=O) groups excluding carboxylic acids is 1. The summed E-state index contributed by atoms with van der Waals surface area (Å²) in [6, 6.07) is 8.24. The molecular weight excluding hydrogens is 230 g/mol. The summed E-state index contributed by atoms with van der Waals surface area (Å²) in [6.45, 7) is 2.38. The Bertz CT molecular complexity index is 425. The Morgan fingerprint density at radius 1 is 1.28 bits per heavy atom. The average Bonchev–Trinajstić information content (AvgIpc) is 3.22. The molecule has 0 N–H and O–H groups in total. The highest BCUT2D eigenvalue weighted by molar-refractivity contribution is 5.94. The fourth-order valence-electron chi connectivity index (χ4n) is 2.20. The Hall–Kier alpha value is -1.39. The van der Waals surface area contributed by atoms with Crippen LogP contribution in [0.25, 0.3) is 0 Å². The summed E-state index contributed by atoms with van der Waals surface area (Å²) in [7, 11) is 0. The molecule has 1 atom stereocenters. The van der Waals surface area contributed by atoms with Gasteiger partial charge < -0.3 is 14.4 Å². The smallest absolute Gasteiger partial charge is 0.253 e. The SMILES string of the molecule is O=C1COCCN1c1ccc(CC[C@H]2CO2)cc1. The molecule has 96 valence electrons. The summed E-state index contributed by atoms with van der Waals surface area (Å²) in [5.74, 6) is 0.0420. The summed E-state index contributed by atoms with van der Waals surface area (Å²) < 4.78 is 10.3. The Labute approximate surface area is 106 Å². The van der Waals surface area contributed by atoms with Crippen LogP contribution >= 0.6 is 0 Å². The standard InChI is InChI=1S/C14H17NO3/c16-14-10-17-8-7-15(14)12-4-1-11(2-5-12)3-6-13-9-18-13/h1-2,4-5,13H,3,6-10H2/t13-/m0/s1. The van der Waals surface area contributed by atoms with Crippen LogP contribution in [0.2, 0.25) is 0 Å². The van der Waals surface area contributed by atoms with E-state index in [1.807, 2.05) is 12.1 Å². The van der Waals surface area contributed by atoms with E-state index >= 15 is 0 Å². The number of aryl methyl sites for hydroxylation is 1. The topological polar surface area (TPSA) is 42.1 Å². The zero-order valence-electron chi connectivity index (χ0n) is 10.3. The van der Waals surface area contributed by atoms with E-state index in [9.17, 15) is 4.79 Å². The van der Waals surface area contributed by atoms with E-state index in [4.69, 9.17) is 9.47 Å². The first kappa shape index (κ1) is 11.7. The predicted octanol–water partition coefficient (Wildman–Crippen LogP) is 1.38. The van der Waals surface area contributed by atoms with E-state index in [0.717, 1.165) is 25.1 Å². The third-order valence-electron chi connectivity index (χ3n) is 3.39. The maximum absolute atomic E-state index is 11.7. The van der Waals surface area contributed by atoms with Gasteiger partial charge in [-0.15, -0.1) is 0 Å². The van der Waals surface area contributed by atoms with E-state index in [0.29, 0.717) is 19.3 Å². The van der Waals surface area contributed by atoms with Gasteiger partial charge in [-0.1, -0.05) is 12.1 Å². The highest BCUT2D eigenvalue weighted by Crippen LogP contribution is 2.20. The molecule has 1 aromatic carbocycles. The monoisotopic (exact) mass is 247 g/mol. The lowest BCUT2D eigenvalue weighted by atomic mass is 10.1. The number of anilines is 1. The van der Waals surface area contributed by atoms with Gasteiger partial charge in [-0.3, -0.25) is 4.79 Å².